The fourth-order valence-electron chi connectivity index (χ4n) is 1.23. The number of hydrogen-bond acceptors (Lipinski definition) is 3. The molecule has 3 N–H and O–H groups in total. The number of nitrogens with zero attached hydrogens (tertiary/aromatic N) is 1. The van der Waals surface area contributed by atoms with Crippen LogP contribution in [0.25, 0.3) is 0 Å². The Morgan fingerprint density at radius 1 is 1.60 bits per heavy atom. The van der Waals surface area contributed by atoms with E-state index >= 15 is 0 Å². The van der Waals surface area contributed by atoms with Gasteiger partial charge in [0.25, 0.3) is 0 Å². The third-order valence-corrected chi connectivity index (χ3v) is 2.39. The number of rotatable bonds is 4. The molecular formula is C10H13ClN2O2. The predicted octanol–water partition coefficient (Wildman–Crippen LogP) is 0.754. The molecule has 0 spiro atoms. The molecule has 0 heterocycles. The minimum absolute atomic E-state index is 0.0986. The third kappa shape index (κ3) is 3.11. The number of primary amides is 1. The van der Waals surface area contributed by atoms with Gasteiger partial charge in [0.15, 0.2) is 0 Å². The second-order valence-electron chi connectivity index (χ2n) is 3.26. The van der Waals surface area contributed by atoms with Crippen LogP contribution in [0.1, 0.15) is 5.56 Å². The number of benzene rings is 1. The van der Waals surface area contributed by atoms with Gasteiger partial charge in [0, 0.05) is 17.8 Å². The van der Waals surface area contributed by atoms with Crippen LogP contribution in [-0.2, 0) is 11.4 Å². The van der Waals surface area contributed by atoms with Gasteiger partial charge in [-0.25, -0.2) is 0 Å². The number of carbonyl (C=O) groups is 1. The molecule has 15 heavy (non-hydrogen) atoms. The monoisotopic (exact) mass is 228 g/mol. The van der Waals surface area contributed by atoms with Crippen molar-refractivity contribution < 1.29 is 9.90 Å². The average Bonchev–Trinajstić information content (AvgIpc) is 2.16. The number of amides is 1. The van der Waals surface area contributed by atoms with Crippen molar-refractivity contribution in [2.45, 2.75) is 6.61 Å². The summed E-state index contributed by atoms with van der Waals surface area (Å²) in [6.45, 7) is 0.0352. The molecule has 0 radical (unpaired) electrons. The summed E-state index contributed by atoms with van der Waals surface area (Å²) in [7, 11) is 1.75. The quantitative estimate of drug-likeness (QED) is 0.800. The highest BCUT2D eigenvalue weighted by Gasteiger charge is 2.06. The van der Waals surface area contributed by atoms with E-state index < -0.39 is 5.91 Å². The lowest BCUT2D eigenvalue weighted by molar-refractivity contribution is -0.116. The molecule has 1 amide bonds. The molecule has 0 atom stereocenters. The number of aliphatic hydroxyl groups is 1. The van der Waals surface area contributed by atoms with Gasteiger partial charge in [0.1, 0.15) is 0 Å². The van der Waals surface area contributed by atoms with E-state index in [1.807, 2.05) is 0 Å². The first kappa shape index (κ1) is 11.8. The van der Waals surface area contributed by atoms with E-state index in [1.165, 1.54) is 0 Å². The number of hydrogen-bond donors (Lipinski definition) is 2. The summed E-state index contributed by atoms with van der Waals surface area (Å²) in [6.07, 6.45) is 0. The van der Waals surface area contributed by atoms with Crippen LogP contribution < -0.4 is 10.6 Å². The fraction of sp³-hybridized carbons (Fsp3) is 0.300. The minimum Gasteiger partial charge on any atom is -0.392 e. The zero-order chi connectivity index (χ0) is 11.4. The van der Waals surface area contributed by atoms with Crippen LogP contribution in [0.3, 0.4) is 0 Å². The molecule has 1 aromatic carbocycles. The zero-order valence-electron chi connectivity index (χ0n) is 8.40. The molecule has 0 unspecified atom stereocenters. The van der Waals surface area contributed by atoms with Gasteiger partial charge in [-0.15, -0.1) is 0 Å². The van der Waals surface area contributed by atoms with Crippen molar-refractivity contribution >= 4 is 23.2 Å². The third-order valence-electron chi connectivity index (χ3n) is 2.04. The predicted molar refractivity (Wildman–Crippen MR) is 59.8 cm³/mol. The average molecular weight is 229 g/mol. The molecule has 0 aliphatic carbocycles. The molecule has 0 aliphatic heterocycles. The molecule has 5 heteroatoms. The van der Waals surface area contributed by atoms with Crippen molar-refractivity contribution in [2.24, 2.45) is 5.73 Å². The zero-order valence-corrected chi connectivity index (χ0v) is 9.16. The molecule has 0 aromatic heterocycles. The smallest absolute Gasteiger partial charge is 0.236 e. The minimum atomic E-state index is -0.403. The standard InChI is InChI=1S/C10H13ClN2O2/c1-13(5-10(12)15)8-3-2-7(6-14)9(11)4-8/h2-4,14H,5-6H2,1H3,(H2,12,15). The summed E-state index contributed by atoms with van der Waals surface area (Å²) in [5.41, 5.74) is 6.52. The van der Waals surface area contributed by atoms with Crippen molar-refractivity contribution in [2.75, 3.05) is 18.5 Å². The molecule has 4 nitrogen and oxygen atoms in total. The van der Waals surface area contributed by atoms with Crippen LogP contribution in [0.4, 0.5) is 5.69 Å². The number of anilines is 1. The Balaban J connectivity index is 2.87. The second kappa shape index (κ2) is 5.00. The highest BCUT2D eigenvalue weighted by atomic mass is 35.5. The van der Waals surface area contributed by atoms with E-state index in [0.29, 0.717) is 10.6 Å². The maximum atomic E-state index is 10.7. The molecule has 0 aliphatic rings. The molecule has 0 bridgehead atoms. The topological polar surface area (TPSA) is 66.6 Å². The number of nitrogens with two attached hydrogens (primary N) is 1. The summed E-state index contributed by atoms with van der Waals surface area (Å²) >= 11 is 5.91. The molecule has 1 rings (SSSR count). The molecule has 0 fully saturated rings. The Bertz CT molecular complexity index is 368. The second-order valence-corrected chi connectivity index (χ2v) is 3.66. The van der Waals surface area contributed by atoms with Crippen LogP contribution in [0.5, 0.6) is 0 Å². The van der Waals surface area contributed by atoms with Gasteiger partial charge in [-0.1, -0.05) is 17.7 Å². The number of halogens is 1. The lowest BCUT2D eigenvalue weighted by Gasteiger charge is -2.18. The molecular weight excluding hydrogens is 216 g/mol. The van der Waals surface area contributed by atoms with Gasteiger partial charge in [-0.2, -0.15) is 0 Å². The van der Waals surface area contributed by atoms with Crippen LogP contribution in [0.2, 0.25) is 5.02 Å². The molecule has 82 valence electrons. The Hall–Kier alpha value is -1.26. The van der Waals surface area contributed by atoms with Gasteiger partial charge in [-0.3, -0.25) is 4.79 Å². The lowest BCUT2D eigenvalue weighted by Crippen LogP contribution is -2.30. The van der Waals surface area contributed by atoms with E-state index in [-0.39, 0.29) is 13.2 Å². The van der Waals surface area contributed by atoms with Gasteiger partial charge in [0.2, 0.25) is 5.91 Å². The summed E-state index contributed by atoms with van der Waals surface area (Å²) in [5.74, 6) is -0.403. The van der Waals surface area contributed by atoms with Crippen molar-refractivity contribution in [1.29, 1.82) is 0 Å². The lowest BCUT2D eigenvalue weighted by atomic mass is 10.2. The summed E-state index contributed by atoms with van der Waals surface area (Å²) in [4.78, 5) is 12.4. The van der Waals surface area contributed by atoms with Crippen molar-refractivity contribution in [3.63, 3.8) is 0 Å². The maximum Gasteiger partial charge on any atom is 0.236 e. The van der Waals surface area contributed by atoms with E-state index in [1.54, 1.807) is 30.1 Å². The number of likely N-dealkylation sites (N-methyl/N-ethyl adjacent to an activating group) is 1. The first-order chi connectivity index (χ1) is 7.04. The first-order valence-electron chi connectivity index (χ1n) is 4.43. The SMILES string of the molecule is CN(CC(N)=O)c1ccc(CO)c(Cl)c1. The Morgan fingerprint density at radius 2 is 2.27 bits per heavy atom. The summed E-state index contributed by atoms with van der Waals surface area (Å²) < 4.78 is 0. The molecule has 1 aromatic rings. The van der Waals surface area contributed by atoms with Crippen LogP contribution in [-0.4, -0.2) is 24.6 Å². The fourth-order valence-corrected chi connectivity index (χ4v) is 1.46. The van der Waals surface area contributed by atoms with Crippen LogP contribution in [0, 0.1) is 0 Å². The van der Waals surface area contributed by atoms with Crippen LogP contribution >= 0.6 is 11.6 Å². The van der Waals surface area contributed by atoms with E-state index in [2.05, 4.69) is 0 Å². The van der Waals surface area contributed by atoms with Crippen molar-refractivity contribution in [3.05, 3.63) is 28.8 Å². The Labute approximate surface area is 93.2 Å². The van der Waals surface area contributed by atoms with Gasteiger partial charge in [0.05, 0.1) is 13.2 Å². The van der Waals surface area contributed by atoms with E-state index in [9.17, 15) is 4.79 Å². The molecule has 0 saturated carbocycles. The van der Waals surface area contributed by atoms with Crippen molar-refractivity contribution in [1.82, 2.24) is 0 Å². The number of aliphatic hydroxyl groups excluding tert-OH is 1. The summed E-state index contributed by atoms with van der Waals surface area (Å²) in [6, 6.07) is 5.19. The van der Waals surface area contributed by atoms with Gasteiger partial charge in [-0.05, 0) is 17.7 Å². The number of carbonyl (C=O) groups excluding carboxylic acids is 1. The maximum absolute atomic E-state index is 10.7. The van der Waals surface area contributed by atoms with Crippen molar-refractivity contribution in [3.8, 4) is 0 Å². The normalized spacial score (nSPS) is 10.1. The first-order valence-corrected chi connectivity index (χ1v) is 4.81. The van der Waals surface area contributed by atoms with Crippen LogP contribution in [0.15, 0.2) is 18.2 Å². The van der Waals surface area contributed by atoms with Gasteiger partial charge < -0.3 is 15.7 Å². The Kier molecular flexibility index (Phi) is 3.94. The highest BCUT2D eigenvalue weighted by molar-refractivity contribution is 6.31. The summed E-state index contributed by atoms with van der Waals surface area (Å²) in [5, 5.41) is 9.40. The van der Waals surface area contributed by atoms with E-state index in [4.69, 9.17) is 22.4 Å². The Morgan fingerprint density at radius 3 is 2.73 bits per heavy atom. The molecule has 0 saturated heterocycles. The van der Waals surface area contributed by atoms with Gasteiger partial charge >= 0.3 is 0 Å². The van der Waals surface area contributed by atoms with E-state index in [0.717, 1.165) is 5.69 Å². The largest absolute Gasteiger partial charge is 0.392 e. The highest BCUT2D eigenvalue weighted by Crippen LogP contribution is 2.22.